The molecule has 1 aliphatic rings. The number of rotatable bonds is 9. The summed E-state index contributed by atoms with van der Waals surface area (Å²) in [6.45, 7) is 5.62. The highest BCUT2D eigenvalue weighted by Gasteiger charge is 2.35. The summed E-state index contributed by atoms with van der Waals surface area (Å²) >= 11 is 5.31. The Hall–Kier alpha value is -2.69. The van der Waals surface area contributed by atoms with E-state index in [0.29, 0.717) is 24.4 Å². The number of nitrogens with two attached hydrogens (primary N) is 1. The fourth-order valence-electron chi connectivity index (χ4n) is 3.43. The standard InChI is InChI=1S/C19H27ClFN5O5/c1-9(2)4-5-12(13-10(3)31-25-14(13)16(22)27)18(29)24-26(19(30)15(20)21)8-11-6-7-23-17(11)28/h9,11-12,15H,4-8H2,1-3H3,(H2,22,27)(H,23,28)(H,24,29)/t11-,12-,15-/m0/s1. The number of nitrogens with zero attached hydrogens (tertiary/aromatic N) is 2. The summed E-state index contributed by atoms with van der Waals surface area (Å²) in [7, 11) is 0. The van der Waals surface area contributed by atoms with Crippen LogP contribution >= 0.6 is 11.6 Å². The van der Waals surface area contributed by atoms with Gasteiger partial charge in [-0.2, -0.15) is 0 Å². The third kappa shape index (κ3) is 6.16. The van der Waals surface area contributed by atoms with Crippen LogP contribution in [0.25, 0.3) is 0 Å². The van der Waals surface area contributed by atoms with Crippen molar-refractivity contribution < 1.29 is 28.1 Å². The van der Waals surface area contributed by atoms with Crippen LogP contribution in [0.4, 0.5) is 4.39 Å². The quantitative estimate of drug-likeness (QED) is 0.372. The fraction of sp³-hybridized carbons (Fsp3) is 0.632. The zero-order valence-corrected chi connectivity index (χ0v) is 18.4. The molecule has 12 heteroatoms. The van der Waals surface area contributed by atoms with E-state index < -0.39 is 35.2 Å². The molecule has 0 bridgehead atoms. The van der Waals surface area contributed by atoms with Crippen LogP contribution in [0.15, 0.2) is 4.52 Å². The molecular weight excluding hydrogens is 433 g/mol. The molecule has 0 unspecified atom stereocenters. The Bertz CT molecular complexity index is 844. The van der Waals surface area contributed by atoms with Gasteiger partial charge >= 0.3 is 0 Å². The third-order valence-electron chi connectivity index (χ3n) is 5.10. The maximum Gasteiger partial charge on any atom is 0.291 e. The number of aryl methyl sites for hydroxylation is 1. The van der Waals surface area contributed by atoms with E-state index in [4.69, 9.17) is 21.9 Å². The first-order valence-electron chi connectivity index (χ1n) is 9.96. The predicted molar refractivity (Wildman–Crippen MR) is 108 cm³/mol. The first kappa shape index (κ1) is 24.6. The summed E-state index contributed by atoms with van der Waals surface area (Å²) in [6, 6.07) is 0. The minimum absolute atomic E-state index is 0.185. The molecule has 31 heavy (non-hydrogen) atoms. The maximum absolute atomic E-state index is 13.6. The lowest BCUT2D eigenvalue weighted by atomic mass is 9.89. The predicted octanol–water partition coefficient (Wildman–Crippen LogP) is 1.13. The molecule has 1 aliphatic heterocycles. The lowest BCUT2D eigenvalue weighted by molar-refractivity contribution is -0.145. The molecule has 0 aliphatic carbocycles. The Labute approximate surface area is 184 Å². The first-order valence-corrected chi connectivity index (χ1v) is 10.4. The van der Waals surface area contributed by atoms with Gasteiger partial charge < -0.3 is 15.6 Å². The van der Waals surface area contributed by atoms with Gasteiger partial charge in [0.05, 0.1) is 18.4 Å². The molecule has 1 fully saturated rings. The van der Waals surface area contributed by atoms with Crippen molar-refractivity contribution >= 4 is 35.2 Å². The zero-order valence-electron chi connectivity index (χ0n) is 17.6. The summed E-state index contributed by atoms with van der Waals surface area (Å²) in [6.07, 6.45) is 1.31. The first-order chi connectivity index (χ1) is 14.5. The van der Waals surface area contributed by atoms with E-state index in [1.165, 1.54) is 6.92 Å². The summed E-state index contributed by atoms with van der Waals surface area (Å²) in [5.41, 5.74) is 5.35. The van der Waals surface area contributed by atoms with Gasteiger partial charge in [-0.1, -0.05) is 30.6 Å². The average Bonchev–Trinajstić information content (AvgIpc) is 3.26. The Kier molecular flexibility index (Phi) is 8.37. The average molecular weight is 460 g/mol. The van der Waals surface area contributed by atoms with Gasteiger partial charge in [0.15, 0.2) is 5.69 Å². The number of nitrogens with one attached hydrogen (secondary N) is 2. The van der Waals surface area contributed by atoms with Gasteiger partial charge in [-0.15, -0.1) is 0 Å². The van der Waals surface area contributed by atoms with Crippen LogP contribution in [0.1, 0.15) is 60.8 Å². The van der Waals surface area contributed by atoms with E-state index in [0.717, 1.165) is 0 Å². The number of alkyl halides is 2. The highest BCUT2D eigenvalue weighted by molar-refractivity contribution is 6.29. The van der Waals surface area contributed by atoms with Crippen LogP contribution in [-0.2, 0) is 14.4 Å². The lowest BCUT2D eigenvalue weighted by Gasteiger charge is -2.28. The van der Waals surface area contributed by atoms with Gasteiger partial charge in [-0.3, -0.25) is 24.6 Å². The number of hydrogen-bond donors (Lipinski definition) is 3. The molecule has 0 saturated carbocycles. The topological polar surface area (TPSA) is 148 Å². The molecule has 4 N–H and O–H groups in total. The Morgan fingerprint density at radius 2 is 2.06 bits per heavy atom. The molecule has 1 aromatic rings. The van der Waals surface area contributed by atoms with E-state index in [2.05, 4.69) is 15.9 Å². The molecular formula is C19H27ClFN5O5. The Balaban J connectivity index is 2.32. The van der Waals surface area contributed by atoms with E-state index in [1.807, 2.05) is 13.8 Å². The molecule has 2 heterocycles. The summed E-state index contributed by atoms with van der Waals surface area (Å²) in [5, 5.41) is 6.96. The van der Waals surface area contributed by atoms with Crippen LogP contribution in [-0.4, -0.2) is 52.5 Å². The van der Waals surface area contributed by atoms with Crippen LogP contribution in [0.2, 0.25) is 0 Å². The zero-order chi connectivity index (χ0) is 23.3. The third-order valence-corrected chi connectivity index (χ3v) is 5.29. The molecule has 1 saturated heterocycles. The molecule has 0 spiro atoms. The molecule has 172 valence electrons. The second-order valence-electron chi connectivity index (χ2n) is 7.89. The van der Waals surface area contributed by atoms with Crippen molar-refractivity contribution in [2.24, 2.45) is 17.6 Å². The van der Waals surface area contributed by atoms with Crippen molar-refractivity contribution in [3.05, 3.63) is 17.0 Å². The van der Waals surface area contributed by atoms with E-state index in [1.54, 1.807) is 0 Å². The van der Waals surface area contributed by atoms with Crippen molar-refractivity contribution in [2.75, 3.05) is 13.1 Å². The van der Waals surface area contributed by atoms with Crippen LogP contribution in [0.3, 0.4) is 0 Å². The summed E-state index contributed by atoms with van der Waals surface area (Å²) in [5.74, 6) is -4.18. The SMILES string of the molecule is Cc1onc(C(N)=O)c1[C@H](CCC(C)C)C(=O)NN(C[C@@H]1CCNC1=O)C(=O)[C@H](F)Cl. The minimum atomic E-state index is -2.41. The van der Waals surface area contributed by atoms with E-state index >= 15 is 0 Å². The Morgan fingerprint density at radius 1 is 1.39 bits per heavy atom. The van der Waals surface area contributed by atoms with Gasteiger partial charge in [-0.25, -0.2) is 9.40 Å². The van der Waals surface area contributed by atoms with Crippen LogP contribution < -0.4 is 16.5 Å². The second kappa shape index (κ2) is 10.6. The monoisotopic (exact) mass is 459 g/mol. The summed E-state index contributed by atoms with van der Waals surface area (Å²) in [4.78, 5) is 49.1. The normalized spacial score (nSPS) is 17.9. The molecule has 0 radical (unpaired) electrons. The summed E-state index contributed by atoms with van der Waals surface area (Å²) < 4.78 is 18.6. The highest BCUT2D eigenvalue weighted by Crippen LogP contribution is 2.30. The number of hydrazine groups is 1. The number of carbonyl (C=O) groups is 4. The minimum Gasteiger partial charge on any atom is -0.364 e. The van der Waals surface area contributed by atoms with Gasteiger partial charge in [0.2, 0.25) is 11.8 Å². The van der Waals surface area contributed by atoms with Crippen LogP contribution in [0, 0.1) is 18.8 Å². The molecule has 4 amide bonds. The molecule has 1 aromatic heterocycles. The van der Waals surface area contributed by atoms with E-state index in [9.17, 15) is 23.6 Å². The number of amides is 4. The molecule has 3 atom stereocenters. The number of carbonyl (C=O) groups excluding carboxylic acids is 4. The number of aromatic nitrogens is 1. The molecule has 2 rings (SSSR count). The number of halogens is 2. The van der Waals surface area contributed by atoms with Gasteiger partial charge in [0.25, 0.3) is 17.4 Å². The highest BCUT2D eigenvalue weighted by atomic mass is 35.5. The van der Waals surface area contributed by atoms with Gasteiger partial charge in [-0.05, 0) is 32.1 Å². The number of primary amides is 1. The maximum atomic E-state index is 13.6. The second-order valence-corrected chi connectivity index (χ2v) is 8.27. The van der Waals surface area contributed by atoms with Gasteiger partial charge in [0, 0.05) is 12.1 Å². The van der Waals surface area contributed by atoms with Crippen molar-refractivity contribution in [1.29, 1.82) is 0 Å². The fourth-order valence-corrected chi connectivity index (χ4v) is 3.55. The molecule has 10 nitrogen and oxygen atoms in total. The van der Waals surface area contributed by atoms with Crippen molar-refractivity contribution in [3.63, 3.8) is 0 Å². The number of hydrogen-bond acceptors (Lipinski definition) is 6. The largest absolute Gasteiger partial charge is 0.364 e. The van der Waals surface area contributed by atoms with Gasteiger partial charge in [0.1, 0.15) is 5.76 Å². The smallest absolute Gasteiger partial charge is 0.291 e. The lowest BCUT2D eigenvalue weighted by Crippen LogP contribution is -2.52. The van der Waals surface area contributed by atoms with E-state index in [-0.39, 0.29) is 41.8 Å². The van der Waals surface area contributed by atoms with Crippen molar-refractivity contribution in [2.45, 2.75) is 51.6 Å². The van der Waals surface area contributed by atoms with Crippen molar-refractivity contribution in [1.82, 2.24) is 20.9 Å². The van der Waals surface area contributed by atoms with Crippen molar-refractivity contribution in [3.8, 4) is 0 Å². The van der Waals surface area contributed by atoms with Crippen LogP contribution in [0.5, 0.6) is 0 Å². The molecule has 0 aromatic carbocycles. The Morgan fingerprint density at radius 3 is 2.58 bits per heavy atom.